The monoisotopic (exact) mass is 306 g/mol. The van der Waals surface area contributed by atoms with Crippen molar-refractivity contribution in [2.24, 2.45) is 0 Å². The smallest absolute Gasteiger partial charge is 0.256 e. The van der Waals surface area contributed by atoms with Crippen molar-refractivity contribution >= 4 is 23.2 Å². The topological polar surface area (TPSA) is 79.0 Å². The minimum Gasteiger partial charge on any atom is -0.355 e. The molecule has 0 fully saturated rings. The van der Waals surface area contributed by atoms with E-state index in [2.05, 4.69) is 14.6 Å². The molecule has 112 valence electrons. The molecule has 1 amide bonds. The molecule has 7 heteroatoms. The zero-order chi connectivity index (χ0) is 15.7. The first-order chi connectivity index (χ1) is 9.82. The average molecular weight is 306 g/mol. The number of amides is 1. The van der Waals surface area contributed by atoms with Crippen LogP contribution in [0.1, 0.15) is 49.6 Å². The third-order valence-electron chi connectivity index (χ3n) is 3.48. The lowest BCUT2D eigenvalue weighted by Crippen LogP contribution is -2.27. The summed E-state index contributed by atoms with van der Waals surface area (Å²) in [6.45, 7) is 7.42. The maximum atomic E-state index is 12.6. The molecular weight excluding hydrogens is 288 g/mol. The van der Waals surface area contributed by atoms with Gasteiger partial charge in [0, 0.05) is 19.7 Å². The van der Waals surface area contributed by atoms with E-state index in [0.717, 1.165) is 10.6 Å². The number of H-pyrrole nitrogens is 1. The maximum Gasteiger partial charge on any atom is 0.256 e. The Bertz CT molecular complexity index is 702. The molecule has 0 saturated heterocycles. The lowest BCUT2D eigenvalue weighted by atomic mass is 10.1. The number of rotatable bonds is 4. The van der Waals surface area contributed by atoms with Crippen LogP contribution in [0, 0.1) is 20.8 Å². The van der Waals surface area contributed by atoms with Crippen molar-refractivity contribution in [1.29, 1.82) is 0 Å². The van der Waals surface area contributed by atoms with E-state index in [0.29, 0.717) is 29.1 Å². The van der Waals surface area contributed by atoms with Crippen LogP contribution < -0.4 is 0 Å². The normalized spacial score (nSPS) is 10.7. The first kappa shape index (κ1) is 15.4. The van der Waals surface area contributed by atoms with Gasteiger partial charge in [0.1, 0.15) is 0 Å². The van der Waals surface area contributed by atoms with E-state index in [-0.39, 0.29) is 11.7 Å². The van der Waals surface area contributed by atoms with Gasteiger partial charge in [0.05, 0.1) is 28.4 Å². The molecule has 0 atom stereocenters. The molecule has 6 nitrogen and oxygen atoms in total. The van der Waals surface area contributed by atoms with E-state index < -0.39 is 0 Å². The fourth-order valence-corrected chi connectivity index (χ4v) is 2.98. The summed E-state index contributed by atoms with van der Waals surface area (Å²) in [5.74, 6) is -0.179. The van der Waals surface area contributed by atoms with Gasteiger partial charge in [0.15, 0.2) is 5.78 Å². The highest BCUT2D eigenvalue weighted by Crippen LogP contribution is 2.21. The van der Waals surface area contributed by atoms with Gasteiger partial charge < -0.3 is 9.88 Å². The van der Waals surface area contributed by atoms with Crippen molar-refractivity contribution < 1.29 is 9.59 Å². The summed E-state index contributed by atoms with van der Waals surface area (Å²) < 4.78 is 3.87. The van der Waals surface area contributed by atoms with Crippen molar-refractivity contribution in [1.82, 2.24) is 19.5 Å². The second-order valence-electron chi connectivity index (χ2n) is 5.12. The summed E-state index contributed by atoms with van der Waals surface area (Å²) >= 11 is 1.29. The van der Waals surface area contributed by atoms with Crippen LogP contribution in [0.5, 0.6) is 0 Å². The maximum absolute atomic E-state index is 12.6. The molecule has 2 rings (SSSR count). The molecule has 0 aliphatic rings. The van der Waals surface area contributed by atoms with Gasteiger partial charge in [-0.1, -0.05) is 4.49 Å². The molecule has 0 aliphatic heterocycles. The number of hydrogen-bond donors (Lipinski definition) is 1. The van der Waals surface area contributed by atoms with Gasteiger partial charge in [-0.3, -0.25) is 9.59 Å². The third-order valence-corrected chi connectivity index (χ3v) is 4.28. The summed E-state index contributed by atoms with van der Waals surface area (Å²) in [5, 5.41) is 3.94. The Labute approximate surface area is 127 Å². The fourth-order valence-electron chi connectivity index (χ4n) is 2.30. The number of ketones is 1. The number of aromatic nitrogens is 3. The summed E-state index contributed by atoms with van der Waals surface area (Å²) in [6, 6.07) is 0. The molecule has 2 heterocycles. The van der Waals surface area contributed by atoms with Gasteiger partial charge in [-0.2, -0.15) is 0 Å². The van der Waals surface area contributed by atoms with E-state index in [1.54, 1.807) is 25.8 Å². The molecule has 0 unspecified atom stereocenters. The Kier molecular flexibility index (Phi) is 4.22. The SMILES string of the molecule is CC(=O)c1[nH]c(C)c(C(=O)N(C)Cc2snnc2C)c1C. The number of nitrogens with zero attached hydrogens (tertiary/aromatic N) is 3. The van der Waals surface area contributed by atoms with Crippen LogP contribution >= 0.6 is 11.5 Å². The van der Waals surface area contributed by atoms with Crippen LogP contribution in [0.15, 0.2) is 0 Å². The average Bonchev–Trinajstić information content (AvgIpc) is 2.93. The Hall–Kier alpha value is -2.02. The van der Waals surface area contributed by atoms with Crippen molar-refractivity contribution in [2.75, 3.05) is 7.05 Å². The Morgan fingerprint density at radius 1 is 1.29 bits per heavy atom. The van der Waals surface area contributed by atoms with Crippen LogP contribution in [-0.4, -0.2) is 38.2 Å². The van der Waals surface area contributed by atoms with Gasteiger partial charge in [-0.25, -0.2) is 0 Å². The lowest BCUT2D eigenvalue weighted by molar-refractivity contribution is 0.0785. The second kappa shape index (κ2) is 5.77. The van der Waals surface area contributed by atoms with Gasteiger partial charge >= 0.3 is 0 Å². The highest BCUT2D eigenvalue weighted by Gasteiger charge is 2.23. The zero-order valence-electron chi connectivity index (χ0n) is 12.8. The summed E-state index contributed by atoms with van der Waals surface area (Å²) in [7, 11) is 1.74. The molecule has 0 radical (unpaired) electrons. The van der Waals surface area contributed by atoms with E-state index in [1.165, 1.54) is 18.5 Å². The molecule has 0 saturated carbocycles. The van der Waals surface area contributed by atoms with Crippen LogP contribution in [0.25, 0.3) is 0 Å². The summed E-state index contributed by atoms with van der Waals surface area (Å²) in [6.07, 6.45) is 0. The number of carbonyl (C=O) groups is 2. The molecule has 2 aromatic heterocycles. The van der Waals surface area contributed by atoms with Gasteiger partial charge in [0.2, 0.25) is 0 Å². The number of carbonyl (C=O) groups excluding carboxylic acids is 2. The molecule has 0 aromatic carbocycles. The predicted octanol–water partition coefficient (Wildman–Crippen LogP) is 2.27. The van der Waals surface area contributed by atoms with E-state index >= 15 is 0 Å². The number of aromatic amines is 1. The van der Waals surface area contributed by atoms with Crippen molar-refractivity contribution in [3.8, 4) is 0 Å². The zero-order valence-corrected chi connectivity index (χ0v) is 13.6. The standard InChI is InChI=1S/C14H18N4O2S/c1-7-12(9(3)15-13(7)10(4)19)14(20)18(5)6-11-8(2)16-17-21-11/h15H,6H2,1-5H3. The molecule has 21 heavy (non-hydrogen) atoms. The molecular formula is C14H18N4O2S. The van der Waals surface area contributed by atoms with Crippen LogP contribution in [-0.2, 0) is 6.54 Å². The highest BCUT2D eigenvalue weighted by atomic mass is 32.1. The third kappa shape index (κ3) is 2.87. The Balaban J connectivity index is 2.28. The van der Waals surface area contributed by atoms with Crippen molar-refractivity contribution in [2.45, 2.75) is 34.2 Å². The minimum absolute atomic E-state index is 0.0696. The number of hydrogen-bond acceptors (Lipinski definition) is 5. The quantitative estimate of drug-likeness (QED) is 0.879. The van der Waals surface area contributed by atoms with E-state index in [9.17, 15) is 9.59 Å². The summed E-state index contributed by atoms with van der Waals surface area (Å²) in [5.41, 5.74) is 3.33. The molecule has 0 spiro atoms. The van der Waals surface area contributed by atoms with Gasteiger partial charge in [-0.15, -0.1) is 5.10 Å². The van der Waals surface area contributed by atoms with Crippen molar-refractivity contribution in [3.63, 3.8) is 0 Å². The number of aryl methyl sites for hydroxylation is 2. The van der Waals surface area contributed by atoms with Gasteiger partial charge in [0.25, 0.3) is 5.91 Å². The first-order valence-corrected chi connectivity index (χ1v) is 7.33. The molecule has 0 bridgehead atoms. The molecule has 1 N–H and O–H groups in total. The number of nitrogens with one attached hydrogen (secondary N) is 1. The number of Topliss-reactive ketones (excluding diaryl/α,β-unsaturated/α-hetero) is 1. The Morgan fingerprint density at radius 3 is 2.43 bits per heavy atom. The first-order valence-electron chi connectivity index (χ1n) is 6.56. The Morgan fingerprint density at radius 2 is 1.95 bits per heavy atom. The van der Waals surface area contributed by atoms with E-state index in [1.807, 2.05) is 6.92 Å². The second-order valence-corrected chi connectivity index (χ2v) is 5.96. The van der Waals surface area contributed by atoms with Crippen LogP contribution in [0.3, 0.4) is 0 Å². The lowest BCUT2D eigenvalue weighted by Gasteiger charge is -2.16. The molecule has 2 aromatic rings. The van der Waals surface area contributed by atoms with Gasteiger partial charge in [-0.05, 0) is 37.9 Å². The minimum atomic E-state index is -0.110. The predicted molar refractivity (Wildman–Crippen MR) is 80.7 cm³/mol. The fraction of sp³-hybridized carbons (Fsp3) is 0.429. The van der Waals surface area contributed by atoms with E-state index in [4.69, 9.17) is 0 Å². The van der Waals surface area contributed by atoms with Crippen LogP contribution in [0.4, 0.5) is 0 Å². The molecule has 0 aliphatic carbocycles. The van der Waals surface area contributed by atoms with Crippen molar-refractivity contribution in [3.05, 3.63) is 33.1 Å². The summed E-state index contributed by atoms with van der Waals surface area (Å²) in [4.78, 5) is 29.8. The largest absolute Gasteiger partial charge is 0.355 e. The van der Waals surface area contributed by atoms with Crippen LogP contribution in [0.2, 0.25) is 0 Å². The highest BCUT2D eigenvalue weighted by molar-refractivity contribution is 7.05.